The van der Waals surface area contributed by atoms with E-state index in [1.54, 1.807) is 30.3 Å². The third kappa shape index (κ3) is 4.28. The highest BCUT2D eigenvalue weighted by Gasteiger charge is 2.15. The molecule has 0 saturated heterocycles. The number of hydrogen-bond acceptors (Lipinski definition) is 6. The predicted octanol–water partition coefficient (Wildman–Crippen LogP) is 3.56. The lowest BCUT2D eigenvalue weighted by atomic mass is 10.2. The molecule has 0 bridgehead atoms. The Hall–Kier alpha value is -3.78. The van der Waals surface area contributed by atoms with Gasteiger partial charge in [-0.25, -0.2) is 4.68 Å². The molecule has 9 heteroatoms. The second kappa shape index (κ2) is 8.30. The standard InChI is InChI=1S/C21H16ClN5O3/c1-13-4-2-3-5-16(13)23-18(28)12-27-19(29)11-10-17(25-27)21-24-20(26-30-21)14-6-8-15(22)9-7-14/h2-11H,12H2,1H3,(H,23,28). The van der Waals surface area contributed by atoms with Gasteiger partial charge >= 0.3 is 0 Å². The lowest BCUT2D eigenvalue weighted by Gasteiger charge is -2.09. The first-order valence-electron chi connectivity index (χ1n) is 9.03. The number of carbonyl (C=O) groups excluding carboxylic acids is 1. The Kier molecular flexibility index (Phi) is 5.40. The first-order valence-corrected chi connectivity index (χ1v) is 9.41. The number of hydrogen-bond donors (Lipinski definition) is 1. The van der Waals surface area contributed by atoms with Gasteiger partial charge in [-0.15, -0.1) is 0 Å². The van der Waals surface area contributed by atoms with Gasteiger partial charge in [-0.05, 0) is 48.9 Å². The molecule has 0 aliphatic heterocycles. The average Bonchev–Trinajstić information content (AvgIpc) is 3.22. The minimum Gasteiger partial charge on any atom is -0.332 e. The molecule has 150 valence electrons. The van der Waals surface area contributed by atoms with E-state index in [-0.39, 0.29) is 24.0 Å². The molecule has 2 aromatic heterocycles. The van der Waals surface area contributed by atoms with Crippen LogP contribution in [0, 0.1) is 6.92 Å². The third-order valence-electron chi connectivity index (χ3n) is 4.33. The Morgan fingerprint density at radius 1 is 1.10 bits per heavy atom. The summed E-state index contributed by atoms with van der Waals surface area (Å²) in [6, 6.07) is 17.1. The van der Waals surface area contributed by atoms with Crippen LogP contribution in [0.5, 0.6) is 0 Å². The Bertz CT molecular complexity index is 1260. The van der Waals surface area contributed by atoms with Gasteiger partial charge in [-0.2, -0.15) is 10.1 Å². The Morgan fingerprint density at radius 3 is 2.63 bits per heavy atom. The summed E-state index contributed by atoms with van der Waals surface area (Å²) in [6.07, 6.45) is 0. The topological polar surface area (TPSA) is 103 Å². The van der Waals surface area contributed by atoms with E-state index in [1.807, 2.05) is 25.1 Å². The van der Waals surface area contributed by atoms with Gasteiger partial charge in [0, 0.05) is 22.3 Å². The molecule has 0 atom stereocenters. The maximum Gasteiger partial charge on any atom is 0.278 e. The number of nitrogens with one attached hydrogen (secondary N) is 1. The van der Waals surface area contributed by atoms with Gasteiger partial charge < -0.3 is 9.84 Å². The highest BCUT2D eigenvalue weighted by Crippen LogP contribution is 2.22. The normalized spacial score (nSPS) is 10.7. The molecule has 0 unspecified atom stereocenters. The SMILES string of the molecule is Cc1ccccc1NC(=O)Cn1nc(-c2nc(-c3ccc(Cl)cc3)no2)ccc1=O. The fourth-order valence-corrected chi connectivity index (χ4v) is 2.88. The van der Waals surface area contributed by atoms with Crippen LogP contribution in [0.4, 0.5) is 5.69 Å². The van der Waals surface area contributed by atoms with E-state index in [1.165, 1.54) is 12.1 Å². The first-order chi connectivity index (χ1) is 14.5. The van der Waals surface area contributed by atoms with E-state index in [0.717, 1.165) is 15.8 Å². The average molecular weight is 422 g/mol. The summed E-state index contributed by atoms with van der Waals surface area (Å²) in [5, 5.41) is 11.5. The highest BCUT2D eigenvalue weighted by molar-refractivity contribution is 6.30. The van der Waals surface area contributed by atoms with Crippen molar-refractivity contribution in [3.63, 3.8) is 0 Å². The van der Waals surface area contributed by atoms with Crippen LogP contribution < -0.4 is 10.9 Å². The van der Waals surface area contributed by atoms with Crippen molar-refractivity contribution in [3.05, 3.63) is 81.6 Å². The zero-order valence-corrected chi connectivity index (χ0v) is 16.6. The van der Waals surface area contributed by atoms with Crippen LogP contribution in [0.3, 0.4) is 0 Å². The van der Waals surface area contributed by atoms with Gasteiger partial charge in [0.1, 0.15) is 12.2 Å². The number of carbonyl (C=O) groups is 1. The van der Waals surface area contributed by atoms with Crippen molar-refractivity contribution in [1.82, 2.24) is 19.9 Å². The molecule has 1 amide bonds. The summed E-state index contributed by atoms with van der Waals surface area (Å²) in [5.74, 6) is 0.120. The van der Waals surface area contributed by atoms with E-state index in [9.17, 15) is 9.59 Å². The van der Waals surface area contributed by atoms with Crippen LogP contribution in [0.15, 0.2) is 70.0 Å². The summed E-state index contributed by atoms with van der Waals surface area (Å²) < 4.78 is 6.32. The molecular weight excluding hydrogens is 406 g/mol. The number of benzene rings is 2. The summed E-state index contributed by atoms with van der Waals surface area (Å²) in [5.41, 5.74) is 2.18. The van der Waals surface area contributed by atoms with Gasteiger partial charge in [-0.3, -0.25) is 9.59 Å². The zero-order chi connectivity index (χ0) is 21.1. The van der Waals surface area contributed by atoms with E-state index < -0.39 is 5.56 Å². The van der Waals surface area contributed by atoms with E-state index >= 15 is 0 Å². The van der Waals surface area contributed by atoms with Gasteiger partial charge in [-0.1, -0.05) is 35.0 Å². The molecule has 0 radical (unpaired) electrons. The Balaban J connectivity index is 1.55. The number of para-hydroxylation sites is 1. The summed E-state index contributed by atoms with van der Waals surface area (Å²) >= 11 is 5.89. The maximum absolute atomic E-state index is 12.4. The molecule has 0 spiro atoms. The van der Waals surface area contributed by atoms with Crippen LogP contribution >= 0.6 is 11.6 Å². The smallest absolute Gasteiger partial charge is 0.278 e. The van der Waals surface area contributed by atoms with E-state index in [2.05, 4.69) is 20.6 Å². The van der Waals surface area contributed by atoms with Gasteiger partial charge in [0.15, 0.2) is 0 Å². The molecule has 4 aromatic rings. The van der Waals surface area contributed by atoms with Crippen molar-refractivity contribution in [2.75, 3.05) is 5.32 Å². The van der Waals surface area contributed by atoms with Crippen LogP contribution in [-0.4, -0.2) is 25.8 Å². The number of anilines is 1. The fraction of sp³-hybridized carbons (Fsp3) is 0.0952. The molecule has 0 aliphatic carbocycles. The van der Waals surface area contributed by atoms with Crippen LogP contribution in [-0.2, 0) is 11.3 Å². The number of rotatable bonds is 5. The molecule has 4 rings (SSSR count). The number of aromatic nitrogens is 4. The number of aryl methyl sites for hydroxylation is 1. The number of halogens is 1. The molecule has 0 fully saturated rings. The predicted molar refractivity (Wildman–Crippen MR) is 112 cm³/mol. The fourth-order valence-electron chi connectivity index (χ4n) is 2.76. The monoisotopic (exact) mass is 421 g/mol. The summed E-state index contributed by atoms with van der Waals surface area (Å²) in [4.78, 5) is 28.8. The third-order valence-corrected chi connectivity index (χ3v) is 4.58. The highest BCUT2D eigenvalue weighted by atomic mass is 35.5. The lowest BCUT2D eigenvalue weighted by molar-refractivity contribution is -0.117. The summed E-state index contributed by atoms with van der Waals surface area (Å²) in [7, 11) is 0. The number of amides is 1. The van der Waals surface area contributed by atoms with Gasteiger partial charge in [0.05, 0.1) is 0 Å². The van der Waals surface area contributed by atoms with Crippen molar-refractivity contribution in [2.45, 2.75) is 13.5 Å². The molecule has 2 aromatic carbocycles. The van der Waals surface area contributed by atoms with Crippen molar-refractivity contribution in [2.24, 2.45) is 0 Å². The second-order valence-corrected chi connectivity index (χ2v) is 6.94. The Labute approximate surface area is 176 Å². The summed E-state index contributed by atoms with van der Waals surface area (Å²) in [6.45, 7) is 1.63. The molecule has 0 aliphatic rings. The molecular formula is C21H16ClN5O3. The maximum atomic E-state index is 12.4. The zero-order valence-electron chi connectivity index (χ0n) is 15.9. The molecule has 1 N–H and O–H groups in total. The van der Waals surface area contributed by atoms with Crippen molar-refractivity contribution >= 4 is 23.2 Å². The van der Waals surface area contributed by atoms with Gasteiger partial charge in [0.2, 0.25) is 11.7 Å². The minimum absolute atomic E-state index is 0.132. The molecule has 0 saturated carbocycles. The largest absolute Gasteiger partial charge is 0.332 e. The van der Waals surface area contributed by atoms with E-state index in [4.69, 9.17) is 16.1 Å². The molecule has 30 heavy (non-hydrogen) atoms. The Morgan fingerprint density at radius 2 is 1.87 bits per heavy atom. The number of nitrogens with zero attached hydrogens (tertiary/aromatic N) is 4. The minimum atomic E-state index is -0.420. The van der Waals surface area contributed by atoms with Crippen LogP contribution in [0.2, 0.25) is 5.02 Å². The van der Waals surface area contributed by atoms with Crippen molar-refractivity contribution in [3.8, 4) is 23.0 Å². The van der Waals surface area contributed by atoms with E-state index in [0.29, 0.717) is 16.5 Å². The quantitative estimate of drug-likeness (QED) is 0.528. The van der Waals surface area contributed by atoms with Crippen molar-refractivity contribution in [1.29, 1.82) is 0 Å². The molecule has 2 heterocycles. The van der Waals surface area contributed by atoms with Crippen LogP contribution in [0.1, 0.15) is 5.56 Å². The second-order valence-electron chi connectivity index (χ2n) is 6.51. The van der Waals surface area contributed by atoms with Crippen molar-refractivity contribution < 1.29 is 9.32 Å². The van der Waals surface area contributed by atoms with Crippen LogP contribution in [0.25, 0.3) is 23.0 Å². The molecule has 8 nitrogen and oxygen atoms in total. The lowest BCUT2D eigenvalue weighted by Crippen LogP contribution is -2.29. The first kappa shape index (κ1) is 19.5. The van der Waals surface area contributed by atoms with Gasteiger partial charge in [0.25, 0.3) is 11.4 Å².